The van der Waals surface area contributed by atoms with E-state index in [0.717, 1.165) is 11.0 Å². The maximum Gasteiger partial charge on any atom is 0.204 e. The molecule has 21 heavy (non-hydrogen) atoms. The lowest BCUT2D eigenvalue weighted by molar-refractivity contribution is 0.0973. The number of para-hydroxylation sites is 2. The Kier molecular flexibility index (Phi) is 3.89. The van der Waals surface area contributed by atoms with E-state index in [4.69, 9.17) is 34.8 Å². The molecule has 3 nitrogen and oxygen atoms in total. The van der Waals surface area contributed by atoms with Gasteiger partial charge in [-0.1, -0.05) is 35.3 Å². The molecule has 0 saturated heterocycles. The van der Waals surface area contributed by atoms with Gasteiger partial charge in [-0.25, -0.2) is 4.98 Å². The average molecular weight is 340 g/mol. The minimum absolute atomic E-state index is 0.0701. The van der Waals surface area contributed by atoms with Gasteiger partial charge in [0.05, 0.1) is 22.6 Å². The summed E-state index contributed by atoms with van der Waals surface area (Å²) < 4.78 is 1.66. The van der Waals surface area contributed by atoms with Crippen LogP contribution in [0.1, 0.15) is 10.4 Å². The van der Waals surface area contributed by atoms with Gasteiger partial charge in [0, 0.05) is 10.6 Å². The second kappa shape index (κ2) is 5.68. The molecule has 3 rings (SSSR count). The lowest BCUT2D eigenvalue weighted by Crippen LogP contribution is -2.11. The van der Waals surface area contributed by atoms with Gasteiger partial charge < -0.3 is 4.57 Å². The van der Waals surface area contributed by atoms with Crippen LogP contribution in [0.3, 0.4) is 0 Å². The summed E-state index contributed by atoms with van der Waals surface area (Å²) in [5, 5.41) is 1.09. The predicted molar refractivity (Wildman–Crippen MR) is 85.5 cm³/mol. The van der Waals surface area contributed by atoms with E-state index in [0.29, 0.717) is 15.6 Å². The van der Waals surface area contributed by atoms with Crippen molar-refractivity contribution in [2.75, 3.05) is 0 Å². The molecule has 0 aliphatic heterocycles. The van der Waals surface area contributed by atoms with Crippen LogP contribution in [0.25, 0.3) is 11.0 Å². The Morgan fingerprint density at radius 3 is 2.62 bits per heavy atom. The summed E-state index contributed by atoms with van der Waals surface area (Å²) in [5.41, 5.74) is 1.97. The van der Waals surface area contributed by atoms with Crippen LogP contribution in [0.2, 0.25) is 15.3 Å². The van der Waals surface area contributed by atoms with Gasteiger partial charge in [-0.3, -0.25) is 4.79 Å². The van der Waals surface area contributed by atoms with Gasteiger partial charge >= 0.3 is 0 Å². The number of nitrogens with zero attached hydrogens (tertiary/aromatic N) is 2. The third kappa shape index (κ3) is 2.77. The minimum Gasteiger partial charge on any atom is -0.307 e. The van der Waals surface area contributed by atoms with Crippen molar-refractivity contribution in [1.29, 1.82) is 0 Å². The first-order chi connectivity index (χ1) is 10.1. The number of halogens is 3. The molecule has 0 aliphatic rings. The average Bonchev–Trinajstić information content (AvgIpc) is 2.75. The molecule has 106 valence electrons. The van der Waals surface area contributed by atoms with E-state index in [-0.39, 0.29) is 17.6 Å². The molecule has 6 heteroatoms. The van der Waals surface area contributed by atoms with Crippen LogP contribution in [0.4, 0.5) is 0 Å². The summed E-state index contributed by atoms with van der Waals surface area (Å²) in [6, 6.07) is 12.2. The lowest BCUT2D eigenvalue weighted by Gasteiger charge is -2.07. The number of carbonyl (C=O) groups is 1. The molecule has 0 atom stereocenters. The van der Waals surface area contributed by atoms with Crippen molar-refractivity contribution in [2.45, 2.75) is 6.54 Å². The van der Waals surface area contributed by atoms with E-state index < -0.39 is 0 Å². The monoisotopic (exact) mass is 338 g/mol. The molecule has 1 heterocycles. The molecule has 0 saturated carbocycles. The summed E-state index contributed by atoms with van der Waals surface area (Å²) in [5.74, 6) is -0.151. The highest BCUT2D eigenvalue weighted by atomic mass is 35.5. The standard InChI is InChI=1S/C15H9Cl3N2O/c16-9-5-6-10(11(17)7-9)14(21)8-20-13-4-2-1-3-12(13)19-15(20)18/h1-7H,8H2. The Balaban J connectivity index is 1.98. The maximum atomic E-state index is 12.4. The minimum atomic E-state index is -0.151. The summed E-state index contributed by atoms with van der Waals surface area (Å²) >= 11 is 18.0. The number of hydrogen-bond acceptors (Lipinski definition) is 2. The molecule has 0 unspecified atom stereocenters. The van der Waals surface area contributed by atoms with Crippen LogP contribution in [-0.4, -0.2) is 15.3 Å². The molecule has 0 radical (unpaired) electrons. The number of Topliss-reactive ketones (excluding diaryl/α,β-unsaturated/α-hetero) is 1. The highest BCUT2D eigenvalue weighted by Crippen LogP contribution is 2.24. The zero-order chi connectivity index (χ0) is 15.0. The second-order valence-corrected chi connectivity index (χ2v) is 5.68. The van der Waals surface area contributed by atoms with Gasteiger partial charge in [-0.15, -0.1) is 0 Å². The zero-order valence-electron chi connectivity index (χ0n) is 10.7. The van der Waals surface area contributed by atoms with Crippen molar-refractivity contribution in [2.24, 2.45) is 0 Å². The number of aromatic nitrogens is 2. The van der Waals surface area contributed by atoms with E-state index in [9.17, 15) is 4.79 Å². The van der Waals surface area contributed by atoms with E-state index in [1.54, 1.807) is 22.8 Å². The quantitative estimate of drug-likeness (QED) is 0.637. The largest absolute Gasteiger partial charge is 0.307 e. The normalized spacial score (nSPS) is 11.0. The van der Waals surface area contributed by atoms with Crippen LogP contribution < -0.4 is 0 Å². The summed E-state index contributed by atoms with van der Waals surface area (Å²) in [7, 11) is 0. The number of hydrogen-bond donors (Lipinski definition) is 0. The molecule has 0 aliphatic carbocycles. The smallest absolute Gasteiger partial charge is 0.204 e. The van der Waals surface area contributed by atoms with Gasteiger partial charge in [0.1, 0.15) is 0 Å². The first-order valence-corrected chi connectivity index (χ1v) is 7.28. The van der Waals surface area contributed by atoms with E-state index in [1.165, 1.54) is 0 Å². The van der Waals surface area contributed by atoms with Crippen molar-refractivity contribution in [3.8, 4) is 0 Å². The molecule has 0 bridgehead atoms. The van der Waals surface area contributed by atoms with Crippen molar-refractivity contribution in [3.63, 3.8) is 0 Å². The molecule has 0 amide bonds. The van der Waals surface area contributed by atoms with Crippen LogP contribution in [-0.2, 0) is 6.54 Å². The van der Waals surface area contributed by atoms with Crippen molar-refractivity contribution in [1.82, 2.24) is 9.55 Å². The topological polar surface area (TPSA) is 34.9 Å². The Bertz CT molecular complexity index is 842. The van der Waals surface area contributed by atoms with E-state index in [1.807, 2.05) is 24.3 Å². The van der Waals surface area contributed by atoms with E-state index >= 15 is 0 Å². The Morgan fingerprint density at radius 2 is 1.86 bits per heavy atom. The second-order valence-electron chi connectivity index (χ2n) is 4.50. The van der Waals surface area contributed by atoms with Gasteiger partial charge in [0.25, 0.3) is 0 Å². The highest BCUT2D eigenvalue weighted by Gasteiger charge is 2.15. The number of ketones is 1. The fourth-order valence-corrected chi connectivity index (χ4v) is 2.90. The fraction of sp³-hybridized carbons (Fsp3) is 0.0667. The molecule has 3 aromatic rings. The molecule has 2 aromatic carbocycles. The number of benzene rings is 2. The molecule has 0 N–H and O–H groups in total. The molecule has 0 spiro atoms. The zero-order valence-corrected chi connectivity index (χ0v) is 13.0. The first kappa shape index (κ1) is 14.4. The summed E-state index contributed by atoms with van der Waals surface area (Å²) in [6.07, 6.45) is 0. The number of imidazole rings is 1. The third-order valence-corrected chi connectivity index (χ3v) is 3.98. The third-order valence-electron chi connectivity index (χ3n) is 3.14. The van der Waals surface area contributed by atoms with Gasteiger partial charge in [0.2, 0.25) is 5.28 Å². The SMILES string of the molecule is O=C(Cn1c(Cl)nc2ccccc21)c1ccc(Cl)cc1Cl. The Hall–Kier alpha value is -1.55. The van der Waals surface area contributed by atoms with Crippen LogP contribution in [0, 0.1) is 0 Å². The fourth-order valence-electron chi connectivity index (χ4n) is 2.14. The predicted octanol–water partition coefficient (Wildman–Crippen LogP) is 4.88. The Labute approximate surface area is 136 Å². The first-order valence-electron chi connectivity index (χ1n) is 6.15. The number of carbonyl (C=O) groups excluding carboxylic acids is 1. The van der Waals surface area contributed by atoms with Gasteiger partial charge in [-0.2, -0.15) is 0 Å². The number of rotatable bonds is 3. The molecular weight excluding hydrogens is 331 g/mol. The summed E-state index contributed by atoms with van der Waals surface area (Å²) in [4.78, 5) is 16.6. The highest BCUT2D eigenvalue weighted by molar-refractivity contribution is 6.36. The number of fused-ring (bicyclic) bond motifs is 1. The van der Waals surface area contributed by atoms with Crippen molar-refractivity contribution in [3.05, 3.63) is 63.4 Å². The molecular formula is C15H9Cl3N2O. The van der Waals surface area contributed by atoms with Crippen LogP contribution >= 0.6 is 34.8 Å². The van der Waals surface area contributed by atoms with Crippen LogP contribution in [0.5, 0.6) is 0 Å². The van der Waals surface area contributed by atoms with Crippen LogP contribution in [0.15, 0.2) is 42.5 Å². The van der Waals surface area contributed by atoms with E-state index in [2.05, 4.69) is 4.98 Å². The van der Waals surface area contributed by atoms with Gasteiger partial charge in [0.15, 0.2) is 5.78 Å². The van der Waals surface area contributed by atoms with Gasteiger partial charge in [-0.05, 0) is 41.9 Å². The molecule has 1 aromatic heterocycles. The van der Waals surface area contributed by atoms with Crippen molar-refractivity contribution < 1.29 is 4.79 Å². The molecule has 0 fully saturated rings. The maximum absolute atomic E-state index is 12.4. The Morgan fingerprint density at radius 1 is 1.10 bits per heavy atom. The van der Waals surface area contributed by atoms with Crippen molar-refractivity contribution >= 4 is 51.6 Å². The summed E-state index contributed by atoms with van der Waals surface area (Å²) in [6.45, 7) is 0.0701. The lowest BCUT2D eigenvalue weighted by atomic mass is 10.1.